The molecule has 0 saturated carbocycles. The van der Waals surface area contributed by atoms with E-state index >= 15 is 0 Å². The van der Waals surface area contributed by atoms with Gasteiger partial charge in [0.05, 0.1) is 10.6 Å². The van der Waals surface area contributed by atoms with Crippen LogP contribution in [0.3, 0.4) is 0 Å². The smallest absolute Gasteiger partial charge is 0.387 e. The van der Waals surface area contributed by atoms with E-state index in [-0.39, 0.29) is 17.0 Å². The normalized spacial score (nSPS) is 10.7. The monoisotopic (exact) mass is 362 g/mol. The average Bonchev–Trinajstić information content (AvgIpc) is 3.08. The molecule has 2 aromatic heterocycles. The number of carbonyl (C=O) groups is 1. The van der Waals surface area contributed by atoms with Crippen LogP contribution in [0.15, 0.2) is 58.7 Å². The molecule has 0 fully saturated rings. The predicted octanol–water partition coefficient (Wildman–Crippen LogP) is 3.96. The van der Waals surface area contributed by atoms with Gasteiger partial charge in [-0.2, -0.15) is 8.78 Å². The molecule has 0 aliphatic carbocycles. The van der Waals surface area contributed by atoms with Crippen molar-refractivity contribution in [2.24, 2.45) is 0 Å². The van der Waals surface area contributed by atoms with Crippen LogP contribution in [0.4, 0.5) is 14.5 Å². The summed E-state index contributed by atoms with van der Waals surface area (Å²) in [4.78, 5) is 27.9. The van der Waals surface area contributed by atoms with Gasteiger partial charge in [0.15, 0.2) is 0 Å². The van der Waals surface area contributed by atoms with Crippen LogP contribution in [0.2, 0.25) is 0 Å². The predicted molar refractivity (Wildman–Crippen MR) is 91.4 cm³/mol. The van der Waals surface area contributed by atoms with E-state index in [1.807, 2.05) is 17.5 Å². The third-order valence-electron chi connectivity index (χ3n) is 3.26. The summed E-state index contributed by atoms with van der Waals surface area (Å²) in [6.45, 7) is -2.96. The third kappa shape index (κ3) is 4.10. The molecule has 1 aromatic carbocycles. The quantitative estimate of drug-likeness (QED) is 0.722. The number of benzene rings is 1. The van der Waals surface area contributed by atoms with E-state index in [1.54, 1.807) is 6.07 Å². The lowest BCUT2D eigenvalue weighted by atomic mass is 10.2. The maximum Gasteiger partial charge on any atom is 0.387 e. The third-order valence-corrected chi connectivity index (χ3v) is 4.16. The number of anilines is 1. The number of hydrogen-bond acceptors (Lipinski definition) is 4. The van der Waals surface area contributed by atoms with Crippen molar-refractivity contribution < 1.29 is 18.3 Å². The average molecular weight is 362 g/mol. The molecule has 2 heterocycles. The summed E-state index contributed by atoms with van der Waals surface area (Å²) in [5.41, 5.74) is 0.234. The van der Waals surface area contributed by atoms with Gasteiger partial charge in [0, 0.05) is 11.8 Å². The van der Waals surface area contributed by atoms with Crippen LogP contribution in [-0.4, -0.2) is 17.5 Å². The number of ether oxygens (including phenoxy) is 1. The van der Waals surface area contributed by atoms with Crippen molar-refractivity contribution in [3.63, 3.8) is 0 Å². The lowest BCUT2D eigenvalue weighted by Gasteiger charge is -2.08. The molecule has 0 radical (unpaired) electrons. The first kappa shape index (κ1) is 16.8. The Morgan fingerprint density at radius 1 is 1.16 bits per heavy atom. The molecule has 0 spiro atoms. The Labute approximate surface area is 144 Å². The van der Waals surface area contributed by atoms with Crippen molar-refractivity contribution in [1.29, 1.82) is 0 Å². The van der Waals surface area contributed by atoms with Gasteiger partial charge in [0.2, 0.25) is 0 Å². The number of pyridine rings is 1. The fourth-order valence-corrected chi connectivity index (χ4v) is 2.88. The summed E-state index contributed by atoms with van der Waals surface area (Å²) in [6.07, 6.45) is 0. The topological polar surface area (TPSA) is 71.2 Å². The number of nitrogens with one attached hydrogen (secondary N) is 2. The number of thiophene rings is 1. The molecule has 0 unspecified atom stereocenters. The maximum atomic E-state index is 12.2. The number of alkyl halides is 2. The van der Waals surface area contributed by atoms with Crippen LogP contribution in [-0.2, 0) is 0 Å². The maximum absolute atomic E-state index is 12.2. The zero-order valence-corrected chi connectivity index (χ0v) is 13.5. The minimum absolute atomic E-state index is 0.0829. The number of rotatable bonds is 5. The first-order chi connectivity index (χ1) is 12.0. The van der Waals surface area contributed by atoms with E-state index in [0.29, 0.717) is 5.69 Å². The molecule has 0 aliphatic heterocycles. The molecule has 2 N–H and O–H groups in total. The molecule has 0 atom stereocenters. The van der Waals surface area contributed by atoms with Crippen LogP contribution in [0, 0.1) is 0 Å². The van der Waals surface area contributed by atoms with Crippen LogP contribution in [0.1, 0.15) is 10.4 Å². The number of H-pyrrole nitrogens is 1. The van der Waals surface area contributed by atoms with Crippen molar-refractivity contribution in [1.82, 2.24) is 4.98 Å². The standard InChI is InChI=1S/C17H12F2N2O3S/c18-17(19)24-11-4-1-3-10(9-11)20-15(22)12-6-7-13(21-16(12)23)14-5-2-8-25-14/h1-9,17H,(H,20,22)(H,21,23). The number of hydrogen-bond donors (Lipinski definition) is 2. The number of halogens is 2. The summed E-state index contributed by atoms with van der Waals surface area (Å²) in [7, 11) is 0. The summed E-state index contributed by atoms with van der Waals surface area (Å²) in [5.74, 6) is -0.733. The summed E-state index contributed by atoms with van der Waals surface area (Å²) < 4.78 is 28.7. The van der Waals surface area contributed by atoms with E-state index in [4.69, 9.17) is 0 Å². The highest BCUT2D eigenvalue weighted by Crippen LogP contribution is 2.22. The van der Waals surface area contributed by atoms with Crippen LogP contribution < -0.4 is 15.6 Å². The van der Waals surface area contributed by atoms with Crippen molar-refractivity contribution >= 4 is 22.9 Å². The Bertz CT molecular complexity index is 939. The highest BCUT2D eigenvalue weighted by atomic mass is 32.1. The molecular weight excluding hydrogens is 350 g/mol. The SMILES string of the molecule is O=C(Nc1cccc(OC(F)F)c1)c1ccc(-c2cccs2)[nH]c1=O. The first-order valence-corrected chi connectivity index (χ1v) is 8.04. The van der Waals surface area contributed by atoms with E-state index in [9.17, 15) is 18.4 Å². The van der Waals surface area contributed by atoms with Gasteiger partial charge in [-0.15, -0.1) is 11.3 Å². The minimum Gasteiger partial charge on any atom is -0.435 e. The van der Waals surface area contributed by atoms with E-state index in [1.165, 1.54) is 41.7 Å². The highest BCUT2D eigenvalue weighted by Gasteiger charge is 2.13. The van der Waals surface area contributed by atoms with Gasteiger partial charge in [-0.3, -0.25) is 9.59 Å². The fourth-order valence-electron chi connectivity index (χ4n) is 2.18. The fraction of sp³-hybridized carbons (Fsp3) is 0.0588. The Morgan fingerprint density at radius 3 is 2.68 bits per heavy atom. The van der Waals surface area contributed by atoms with Crippen LogP contribution >= 0.6 is 11.3 Å². The number of amides is 1. The number of aromatic nitrogens is 1. The van der Waals surface area contributed by atoms with Crippen molar-refractivity contribution in [2.75, 3.05) is 5.32 Å². The van der Waals surface area contributed by atoms with Gasteiger partial charge in [-0.1, -0.05) is 12.1 Å². The number of carbonyl (C=O) groups excluding carboxylic acids is 1. The summed E-state index contributed by atoms with van der Waals surface area (Å²) >= 11 is 1.46. The lowest BCUT2D eigenvalue weighted by molar-refractivity contribution is -0.0497. The van der Waals surface area contributed by atoms with Crippen molar-refractivity contribution in [2.45, 2.75) is 6.61 Å². The molecule has 3 rings (SSSR count). The molecular formula is C17H12F2N2O3S. The molecule has 3 aromatic rings. The van der Waals surface area contributed by atoms with Gasteiger partial charge in [0.25, 0.3) is 11.5 Å². The summed E-state index contributed by atoms with van der Waals surface area (Å²) in [5, 5.41) is 4.36. The molecule has 0 bridgehead atoms. The van der Waals surface area contributed by atoms with E-state index < -0.39 is 18.1 Å². The molecule has 0 aliphatic rings. The van der Waals surface area contributed by atoms with Gasteiger partial charge < -0.3 is 15.0 Å². The second-order valence-corrected chi connectivity index (χ2v) is 5.90. The second-order valence-electron chi connectivity index (χ2n) is 4.95. The molecule has 128 valence electrons. The zero-order chi connectivity index (χ0) is 17.8. The summed E-state index contributed by atoms with van der Waals surface area (Å²) in [6, 6.07) is 12.3. The zero-order valence-electron chi connectivity index (χ0n) is 12.7. The Morgan fingerprint density at radius 2 is 2.00 bits per heavy atom. The largest absolute Gasteiger partial charge is 0.435 e. The van der Waals surface area contributed by atoms with Gasteiger partial charge >= 0.3 is 6.61 Å². The number of aromatic amines is 1. The van der Waals surface area contributed by atoms with Crippen molar-refractivity contribution in [3.05, 3.63) is 69.8 Å². The van der Waals surface area contributed by atoms with Gasteiger partial charge in [0.1, 0.15) is 11.3 Å². The molecule has 0 saturated heterocycles. The molecule has 8 heteroatoms. The van der Waals surface area contributed by atoms with Gasteiger partial charge in [-0.25, -0.2) is 0 Å². The first-order valence-electron chi connectivity index (χ1n) is 7.16. The van der Waals surface area contributed by atoms with Gasteiger partial charge in [-0.05, 0) is 35.7 Å². The molecule has 5 nitrogen and oxygen atoms in total. The highest BCUT2D eigenvalue weighted by molar-refractivity contribution is 7.13. The van der Waals surface area contributed by atoms with Crippen LogP contribution in [0.5, 0.6) is 5.75 Å². The van der Waals surface area contributed by atoms with Crippen molar-refractivity contribution in [3.8, 4) is 16.3 Å². The Balaban J connectivity index is 1.79. The minimum atomic E-state index is -2.96. The Kier molecular flexibility index (Phi) is 4.90. The Hall–Kier alpha value is -3.00. The van der Waals surface area contributed by atoms with E-state index in [0.717, 1.165) is 4.88 Å². The molecule has 1 amide bonds. The lowest BCUT2D eigenvalue weighted by Crippen LogP contribution is -2.23. The van der Waals surface area contributed by atoms with Crippen LogP contribution in [0.25, 0.3) is 10.6 Å². The molecule has 25 heavy (non-hydrogen) atoms. The second kappa shape index (κ2) is 7.27. The van der Waals surface area contributed by atoms with E-state index in [2.05, 4.69) is 15.0 Å².